The minimum Gasteiger partial charge on any atom is -0.315 e. The van der Waals surface area contributed by atoms with Crippen molar-refractivity contribution >= 4 is 23.3 Å². The van der Waals surface area contributed by atoms with E-state index in [0.717, 1.165) is 18.9 Å². The summed E-state index contributed by atoms with van der Waals surface area (Å²) >= 11 is 0. The Kier molecular flexibility index (Phi) is 7.66. The average Bonchev–Trinajstić information content (AvgIpc) is 3.75. The van der Waals surface area contributed by atoms with Gasteiger partial charge in [-0.2, -0.15) is 4.39 Å². The van der Waals surface area contributed by atoms with Gasteiger partial charge in [0, 0.05) is 62.3 Å². The molecule has 4 aromatic heterocycles. The molecule has 12 heteroatoms. The summed E-state index contributed by atoms with van der Waals surface area (Å²) in [5.74, 6) is -0.319. The first-order chi connectivity index (χ1) is 20.9. The summed E-state index contributed by atoms with van der Waals surface area (Å²) in [6.45, 7) is 2.91. The van der Waals surface area contributed by atoms with Crippen LogP contribution in [0.1, 0.15) is 60.1 Å². The SMILES string of the molecule is CCCn1c(=O)c2c(n(C3CC3)c1=O)N=C(c1ccc(N(CCCn3ccccc3=O)C(=O)c3ccc(F)nc3)nc1)C2. The Morgan fingerprint density at radius 1 is 1.02 bits per heavy atom. The van der Waals surface area contributed by atoms with Crippen molar-refractivity contribution in [3.8, 4) is 0 Å². The van der Waals surface area contributed by atoms with Gasteiger partial charge < -0.3 is 4.57 Å². The molecule has 0 radical (unpaired) electrons. The molecular weight excluding hydrogens is 553 g/mol. The van der Waals surface area contributed by atoms with Crippen LogP contribution >= 0.6 is 0 Å². The minimum absolute atomic E-state index is 0.0563. The Bertz CT molecular complexity index is 1890. The molecule has 0 unspecified atom stereocenters. The van der Waals surface area contributed by atoms with E-state index in [-0.39, 0.29) is 41.4 Å². The lowest BCUT2D eigenvalue weighted by Crippen LogP contribution is -2.41. The first-order valence-corrected chi connectivity index (χ1v) is 14.4. The second-order valence-corrected chi connectivity index (χ2v) is 10.7. The number of pyridine rings is 3. The van der Waals surface area contributed by atoms with Crippen LogP contribution in [0, 0.1) is 5.95 Å². The topological polar surface area (TPSA) is 124 Å². The summed E-state index contributed by atoms with van der Waals surface area (Å²) in [5.41, 5.74) is 1.24. The molecule has 43 heavy (non-hydrogen) atoms. The largest absolute Gasteiger partial charge is 0.332 e. The Morgan fingerprint density at radius 2 is 1.86 bits per heavy atom. The van der Waals surface area contributed by atoms with Crippen molar-refractivity contribution in [2.75, 3.05) is 11.4 Å². The fourth-order valence-electron chi connectivity index (χ4n) is 5.31. The van der Waals surface area contributed by atoms with E-state index < -0.39 is 11.9 Å². The Labute approximate surface area is 245 Å². The van der Waals surface area contributed by atoms with E-state index in [0.29, 0.717) is 54.4 Å². The molecule has 0 N–H and O–H groups in total. The number of nitrogens with zero attached hydrogens (tertiary/aromatic N) is 7. The summed E-state index contributed by atoms with van der Waals surface area (Å²) in [7, 11) is 0. The maximum absolute atomic E-state index is 13.5. The molecule has 2 aliphatic rings. The lowest BCUT2D eigenvalue weighted by atomic mass is 10.1. The Balaban J connectivity index is 1.28. The molecule has 0 atom stereocenters. The molecule has 0 aromatic carbocycles. The highest BCUT2D eigenvalue weighted by molar-refractivity contribution is 6.07. The zero-order valence-corrected chi connectivity index (χ0v) is 23.6. The zero-order chi connectivity index (χ0) is 30.1. The third kappa shape index (κ3) is 5.60. The number of halogens is 1. The van der Waals surface area contributed by atoms with Gasteiger partial charge in [0.1, 0.15) is 11.6 Å². The van der Waals surface area contributed by atoms with Gasteiger partial charge in [-0.1, -0.05) is 13.0 Å². The van der Waals surface area contributed by atoms with Gasteiger partial charge in [-0.25, -0.2) is 19.8 Å². The van der Waals surface area contributed by atoms with Crippen LogP contribution in [0.4, 0.5) is 16.0 Å². The molecule has 6 rings (SSSR count). The number of aryl methyl sites for hydroxylation is 1. The van der Waals surface area contributed by atoms with Crippen LogP contribution in [0.15, 0.2) is 80.4 Å². The molecule has 1 saturated carbocycles. The smallest absolute Gasteiger partial charge is 0.315 e. The number of aromatic nitrogens is 5. The van der Waals surface area contributed by atoms with E-state index in [4.69, 9.17) is 4.99 Å². The molecular formula is C31H30FN7O4. The van der Waals surface area contributed by atoms with Crippen molar-refractivity contribution in [3.05, 3.63) is 115 Å². The van der Waals surface area contributed by atoms with E-state index in [2.05, 4.69) is 9.97 Å². The first-order valence-electron chi connectivity index (χ1n) is 14.4. The zero-order valence-electron chi connectivity index (χ0n) is 23.6. The van der Waals surface area contributed by atoms with Crippen molar-refractivity contribution in [2.45, 2.75) is 58.2 Å². The van der Waals surface area contributed by atoms with Gasteiger partial charge in [0.05, 0.1) is 16.8 Å². The maximum atomic E-state index is 13.5. The van der Waals surface area contributed by atoms with E-state index in [1.807, 2.05) is 6.92 Å². The maximum Gasteiger partial charge on any atom is 0.332 e. The summed E-state index contributed by atoms with van der Waals surface area (Å²) < 4.78 is 18.0. The number of amides is 1. The van der Waals surface area contributed by atoms with Crippen LogP contribution in [-0.2, 0) is 19.5 Å². The molecule has 11 nitrogen and oxygen atoms in total. The highest BCUT2D eigenvalue weighted by atomic mass is 19.1. The normalized spacial score (nSPS) is 14.0. The van der Waals surface area contributed by atoms with Crippen molar-refractivity contribution in [1.29, 1.82) is 0 Å². The molecule has 1 fully saturated rings. The Hall–Kier alpha value is -5.00. The standard InChI is InChI=1S/C31H30FN7O4/c1-2-13-38-30(42)23-17-24(35-28(23)39(31(38)43)22-9-10-22)20-8-12-26(34-18-20)37(29(41)21-7-11-25(32)33-19-21)16-5-15-36-14-4-3-6-27(36)40/h3-4,6-8,11-12,14,18-19,22H,2,5,9-10,13,15-17H2,1H3. The summed E-state index contributed by atoms with van der Waals surface area (Å²) in [4.78, 5) is 66.3. The van der Waals surface area contributed by atoms with Crippen molar-refractivity contribution < 1.29 is 9.18 Å². The quantitative estimate of drug-likeness (QED) is 0.264. The van der Waals surface area contributed by atoms with Gasteiger partial charge >= 0.3 is 5.69 Å². The van der Waals surface area contributed by atoms with Crippen molar-refractivity contribution in [2.24, 2.45) is 4.99 Å². The van der Waals surface area contributed by atoms with Gasteiger partial charge in [0.25, 0.3) is 11.5 Å². The lowest BCUT2D eigenvalue weighted by molar-refractivity contribution is 0.0985. The molecule has 1 amide bonds. The third-order valence-electron chi connectivity index (χ3n) is 7.64. The molecule has 0 bridgehead atoms. The van der Waals surface area contributed by atoms with Gasteiger partial charge in [0.2, 0.25) is 11.5 Å². The number of hydrogen-bond acceptors (Lipinski definition) is 7. The number of rotatable bonds is 10. The fraction of sp³-hybridized carbons (Fsp3) is 0.323. The van der Waals surface area contributed by atoms with Crippen molar-refractivity contribution in [1.82, 2.24) is 23.7 Å². The number of aliphatic imine (C=N–C) groups is 1. The van der Waals surface area contributed by atoms with Crippen LogP contribution in [0.3, 0.4) is 0 Å². The highest BCUT2D eigenvalue weighted by Crippen LogP contribution is 2.39. The lowest BCUT2D eigenvalue weighted by Gasteiger charge is -2.22. The Morgan fingerprint density at radius 3 is 2.53 bits per heavy atom. The number of carbonyl (C=O) groups is 1. The summed E-state index contributed by atoms with van der Waals surface area (Å²) in [5, 5.41) is 0. The molecule has 4 aromatic rings. The average molecular weight is 584 g/mol. The van der Waals surface area contributed by atoms with Crippen molar-refractivity contribution in [3.63, 3.8) is 0 Å². The first kappa shape index (κ1) is 28.1. The molecule has 220 valence electrons. The third-order valence-corrected chi connectivity index (χ3v) is 7.64. The van der Waals surface area contributed by atoms with E-state index in [1.54, 1.807) is 45.8 Å². The highest BCUT2D eigenvalue weighted by Gasteiger charge is 2.33. The van der Waals surface area contributed by atoms with Gasteiger partial charge in [-0.05, 0) is 56.0 Å². The number of carbonyl (C=O) groups excluding carboxylic acids is 1. The predicted octanol–water partition coefficient (Wildman–Crippen LogP) is 3.26. The van der Waals surface area contributed by atoms with E-state index >= 15 is 0 Å². The monoisotopic (exact) mass is 583 g/mol. The van der Waals surface area contributed by atoms with E-state index in [9.17, 15) is 23.6 Å². The summed E-state index contributed by atoms with van der Waals surface area (Å²) in [6, 6.07) is 10.9. The predicted molar refractivity (Wildman–Crippen MR) is 159 cm³/mol. The number of anilines is 1. The molecule has 1 aliphatic carbocycles. The van der Waals surface area contributed by atoms with Crippen LogP contribution in [0.5, 0.6) is 0 Å². The fourth-order valence-corrected chi connectivity index (χ4v) is 5.31. The molecule has 1 aliphatic heterocycles. The van der Waals surface area contributed by atoms with E-state index in [1.165, 1.54) is 27.8 Å². The summed E-state index contributed by atoms with van der Waals surface area (Å²) in [6.07, 6.45) is 7.62. The van der Waals surface area contributed by atoms with Crippen LogP contribution in [-0.4, -0.2) is 41.8 Å². The number of fused-ring (bicyclic) bond motifs is 1. The molecule has 0 spiro atoms. The second-order valence-electron chi connectivity index (χ2n) is 10.7. The second kappa shape index (κ2) is 11.7. The van der Waals surface area contributed by atoms with Gasteiger partial charge in [-0.3, -0.25) is 28.4 Å². The van der Waals surface area contributed by atoms with Crippen LogP contribution in [0.2, 0.25) is 0 Å². The molecule has 5 heterocycles. The van der Waals surface area contributed by atoms with Crippen LogP contribution < -0.4 is 21.7 Å². The van der Waals surface area contributed by atoms with Gasteiger partial charge in [0.15, 0.2) is 0 Å². The number of hydrogen-bond donors (Lipinski definition) is 0. The van der Waals surface area contributed by atoms with Gasteiger partial charge in [-0.15, -0.1) is 0 Å². The van der Waals surface area contributed by atoms with Crippen LogP contribution in [0.25, 0.3) is 0 Å². The molecule has 0 saturated heterocycles. The minimum atomic E-state index is -0.694.